The van der Waals surface area contributed by atoms with Gasteiger partial charge in [-0.05, 0) is 55.2 Å². The number of benzene rings is 2. The van der Waals surface area contributed by atoms with Crippen molar-refractivity contribution in [3.63, 3.8) is 0 Å². The molecule has 31 heavy (non-hydrogen) atoms. The zero-order chi connectivity index (χ0) is 22.6. The maximum absolute atomic E-state index is 12.9. The van der Waals surface area contributed by atoms with Gasteiger partial charge in [0.1, 0.15) is 5.75 Å². The SMILES string of the molecule is COc1ccc(NC(C)=O)c(NC(=O)c2ccc(S(=O)(=O)N3CCC(C)CC3)cc2)c1. The molecule has 2 amide bonds. The number of sulfonamides is 1. The Morgan fingerprint density at radius 3 is 2.23 bits per heavy atom. The highest BCUT2D eigenvalue weighted by Crippen LogP contribution is 2.28. The molecule has 2 aromatic carbocycles. The maximum atomic E-state index is 12.9. The predicted octanol–water partition coefficient (Wildman–Crippen LogP) is 3.33. The first kappa shape index (κ1) is 22.8. The van der Waals surface area contributed by atoms with Crippen molar-refractivity contribution in [1.82, 2.24) is 4.31 Å². The van der Waals surface area contributed by atoms with Gasteiger partial charge in [0.05, 0.1) is 23.4 Å². The second-order valence-corrected chi connectivity index (χ2v) is 9.60. The van der Waals surface area contributed by atoms with E-state index < -0.39 is 15.9 Å². The Bertz CT molecular complexity index is 1060. The molecule has 0 atom stereocenters. The van der Waals surface area contributed by atoms with Gasteiger partial charge >= 0.3 is 0 Å². The summed E-state index contributed by atoms with van der Waals surface area (Å²) in [4.78, 5) is 24.3. The Balaban J connectivity index is 1.77. The van der Waals surface area contributed by atoms with Gasteiger partial charge in [0, 0.05) is 31.6 Å². The van der Waals surface area contributed by atoms with Crippen LogP contribution in [0, 0.1) is 5.92 Å². The van der Waals surface area contributed by atoms with Crippen molar-refractivity contribution >= 4 is 33.2 Å². The molecule has 1 aliphatic heterocycles. The Morgan fingerprint density at radius 1 is 1.00 bits per heavy atom. The third-order valence-corrected chi connectivity index (χ3v) is 7.20. The number of methoxy groups -OCH3 is 1. The van der Waals surface area contributed by atoms with Crippen LogP contribution in [0.1, 0.15) is 37.0 Å². The Labute approximate surface area is 182 Å². The van der Waals surface area contributed by atoms with E-state index in [1.807, 2.05) is 0 Å². The minimum atomic E-state index is -3.58. The summed E-state index contributed by atoms with van der Waals surface area (Å²) in [5, 5.41) is 5.40. The number of amides is 2. The standard InChI is InChI=1S/C22H27N3O5S/c1-15-10-12-25(13-11-15)31(28,29)19-7-4-17(5-8-19)22(27)24-21-14-18(30-3)6-9-20(21)23-16(2)26/h4-9,14-15H,10-13H2,1-3H3,(H,23,26)(H,24,27). The number of carbonyl (C=O) groups is 2. The van der Waals surface area contributed by atoms with Crippen molar-refractivity contribution in [3.8, 4) is 5.75 Å². The highest BCUT2D eigenvalue weighted by atomic mass is 32.2. The molecule has 0 radical (unpaired) electrons. The minimum absolute atomic E-state index is 0.166. The first-order valence-corrected chi connectivity index (χ1v) is 11.5. The molecule has 0 aliphatic carbocycles. The maximum Gasteiger partial charge on any atom is 0.255 e. The molecule has 1 fully saturated rings. The summed E-state index contributed by atoms with van der Waals surface area (Å²) >= 11 is 0. The molecular weight excluding hydrogens is 418 g/mol. The van der Waals surface area contributed by atoms with Crippen LogP contribution in [0.2, 0.25) is 0 Å². The summed E-state index contributed by atoms with van der Waals surface area (Å²) in [7, 11) is -2.08. The summed E-state index contributed by atoms with van der Waals surface area (Å²) in [5.74, 6) is 0.330. The van der Waals surface area contributed by atoms with E-state index >= 15 is 0 Å². The second-order valence-electron chi connectivity index (χ2n) is 7.66. The van der Waals surface area contributed by atoms with Gasteiger partial charge < -0.3 is 15.4 Å². The van der Waals surface area contributed by atoms with E-state index in [1.54, 1.807) is 18.2 Å². The van der Waals surface area contributed by atoms with E-state index in [0.29, 0.717) is 41.7 Å². The lowest BCUT2D eigenvalue weighted by Crippen LogP contribution is -2.37. The molecule has 1 saturated heterocycles. The quantitative estimate of drug-likeness (QED) is 0.710. The lowest BCUT2D eigenvalue weighted by Gasteiger charge is -2.29. The molecule has 0 spiro atoms. The number of carbonyl (C=O) groups excluding carboxylic acids is 2. The van der Waals surface area contributed by atoms with Gasteiger partial charge in [-0.15, -0.1) is 0 Å². The van der Waals surface area contributed by atoms with Crippen molar-refractivity contribution in [2.24, 2.45) is 5.92 Å². The summed E-state index contributed by atoms with van der Waals surface area (Å²) in [6, 6.07) is 10.7. The van der Waals surface area contributed by atoms with Gasteiger partial charge in [0.2, 0.25) is 15.9 Å². The van der Waals surface area contributed by atoms with E-state index in [9.17, 15) is 18.0 Å². The first-order chi connectivity index (χ1) is 14.7. The van der Waals surface area contributed by atoms with Gasteiger partial charge in [0.15, 0.2) is 0 Å². The van der Waals surface area contributed by atoms with Crippen molar-refractivity contribution < 1.29 is 22.7 Å². The summed E-state index contributed by atoms with van der Waals surface area (Å²) in [6.45, 7) is 4.51. The first-order valence-electron chi connectivity index (χ1n) is 10.1. The van der Waals surface area contributed by atoms with Crippen LogP contribution in [0.25, 0.3) is 0 Å². The van der Waals surface area contributed by atoms with Gasteiger partial charge in [0.25, 0.3) is 5.91 Å². The van der Waals surface area contributed by atoms with Crippen LogP contribution < -0.4 is 15.4 Å². The van der Waals surface area contributed by atoms with Crippen molar-refractivity contribution in [2.45, 2.75) is 31.6 Å². The number of nitrogens with zero attached hydrogens (tertiary/aromatic N) is 1. The molecule has 0 aromatic heterocycles. The van der Waals surface area contributed by atoms with Gasteiger partial charge in [-0.2, -0.15) is 4.31 Å². The van der Waals surface area contributed by atoms with E-state index in [-0.39, 0.29) is 10.8 Å². The molecule has 3 rings (SSSR count). The number of nitrogens with one attached hydrogen (secondary N) is 2. The highest BCUT2D eigenvalue weighted by molar-refractivity contribution is 7.89. The Kier molecular flexibility index (Phi) is 6.97. The summed E-state index contributed by atoms with van der Waals surface area (Å²) < 4.78 is 32.4. The van der Waals surface area contributed by atoms with Crippen LogP contribution in [-0.2, 0) is 14.8 Å². The normalized spacial score (nSPS) is 15.3. The molecule has 9 heteroatoms. The van der Waals surface area contributed by atoms with E-state index in [0.717, 1.165) is 12.8 Å². The van der Waals surface area contributed by atoms with Crippen LogP contribution in [-0.4, -0.2) is 44.7 Å². The third kappa shape index (κ3) is 5.42. The number of anilines is 2. The monoisotopic (exact) mass is 445 g/mol. The molecule has 166 valence electrons. The zero-order valence-corrected chi connectivity index (χ0v) is 18.7. The molecule has 1 aliphatic rings. The molecule has 0 unspecified atom stereocenters. The number of piperidine rings is 1. The van der Waals surface area contributed by atoms with E-state index in [4.69, 9.17) is 4.74 Å². The number of hydrogen-bond donors (Lipinski definition) is 2. The van der Waals surface area contributed by atoms with Crippen molar-refractivity contribution in [2.75, 3.05) is 30.8 Å². The van der Waals surface area contributed by atoms with Crippen LogP contribution in [0.15, 0.2) is 47.4 Å². The lowest BCUT2D eigenvalue weighted by molar-refractivity contribution is -0.114. The van der Waals surface area contributed by atoms with Crippen LogP contribution in [0.4, 0.5) is 11.4 Å². The number of rotatable bonds is 6. The zero-order valence-electron chi connectivity index (χ0n) is 17.8. The van der Waals surface area contributed by atoms with Gasteiger partial charge in [-0.1, -0.05) is 6.92 Å². The average molecular weight is 446 g/mol. The Morgan fingerprint density at radius 2 is 1.65 bits per heavy atom. The molecular formula is C22H27N3O5S. The third-order valence-electron chi connectivity index (χ3n) is 5.28. The number of hydrogen-bond acceptors (Lipinski definition) is 5. The number of ether oxygens (including phenoxy) is 1. The smallest absolute Gasteiger partial charge is 0.255 e. The van der Waals surface area contributed by atoms with E-state index in [1.165, 1.54) is 42.6 Å². The lowest BCUT2D eigenvalue weighted by atomic mass is 10.0. The highest BCUT2D eigenvalue weighted by Gasteiger charge is 2.28. The van der Waals surface area contributed by atoms with Gasteiger partial charge in [-0.3, -0.25) is 9.59 Å². The van der Waals surface area contributed by atoms with Crippen LogP contribution in [0.5, 0.6) is 5.75 Å². The fourth-order valence-electron chi connectivity index (χ4n) is 3.40. The predicted molar refractivity (Wildman–Crippen MR) is 119 cm³/mol. The molecule has 2 N–H and O–H groups in total. The Hall–Kier alpha value is -2.91. The molecule has 0 bridgehead atoms. The second kappa shape index (κ2) is 9.49. The van der Waals surface area contributed by atoms with Crippen LogP contribution >= 0.6 is 0 Å². The van der Waals surface area contributed by atoms with E-state index in [2.05, 4.69) is 17.6 Å². The molecule has 1 heterocycles. The molecule has 8 nitrogen and oxygen atoms in total. The fourth-order valence-corrected chi connectivity index (χ4v) is 4.87. The fraction of sp³-hybridized carbons (Fsp3) is 0.364. The molecule has 2 aromatic rings. The van der Waals surface area contributed by atoms with Crippen LogP contribution in [0.3, 0.4) is 0 Å². The largest absolute Gasteiger partial charge is 0.497 e. The van der Waals surface area contributed by atoms with Gasteiger partial charge in [-0.25, -0.2) is 8.42 Å². The van der Waals surface area contributed by atoms with Crippen molar-refractivity contribution in [3.05, 3.63) is 48.0 Å². The summed E-state index contributed by atoms with van der Waals surface area (Å²) in [5.41, 5.74) is 1.10. The molecule has 0 saturated carbocycles. The van der Waals surface area contributed by atoms with Crippen molar-refractivity contribution in [1.29, 1.82) is 0 Å². The summed E-state index contributed by atoms with van der Waals surface area (Å²) in [6.07, 6.45) is 1.69. The average Bonchev–Trinajstić information content (AvgIpc) is 2.75. The minimum Gasteiger partial charge on any atom is -0.497 e. The topological polar surface area (TPSA) is 105 Å².